The molecule has 10 heteroatoms. The fourth-order valence-electron chi connectivity index (χ4n) is 4.56. The van der Waals surface area contributed by atoms with Gasteiger partial charge < -0.3 is 23.5 Å². The molecule has 4 atom stereocenters. The van der Waals surface area contributed by atoms with E-state index in [2.05, 4.69) is 17.6 Å². The van der Waals surface area contributed by atoms with Gasteiger partial charge in [-0.05, 0) is 44.5 Å². The van der Waals surface area contributed by atoms with Gasteiger partial charge in [0.05, 0.1) is 42.2 Å². The predicted octanol–water partition coefficient (Wildman–Crippen LogP) is 4.84. The number of nitrogens with zero attached hydrogens (tertiary/aromatic N) is 3. The van der Waals surface area contributed by atoms with E-state index in [9.17, 15) is 19.6 Å². The Bertz CT molecular complexity index is 1450. The lowest BCUT2D eigenvalue weighted by Gasteiger charge is -2.20. The monoisotopic (exact) mass is 557 g/mol. The fraction of sp³-hybridized carbons (Fsp3) is 0.323. The molecule has 0 bridgehead atoms. The molecule has 3 aromatic rings. The smallest absolute Gasteiger partial charge is 0.358 e. The Labute approximate surface area is 238 Å². The van der Waals surface area contributed by atoms with Crippen molar-refractivity contribution in [3.8, 4) is 6.07 Å². The summed E-state index contributed by atoms with van der Waals surface area (Å²) in [4.78, 5) is 42.4. The van der Waals surface area contributed by atoms with E-state index in [0.29, 0.717) is 16.8 Å². The number of hydrogen-bond acceptors (Lipinski definition) is 9. The van der Waals surface area contributed by atoms with Gasteiger partial charge in [-0.3, -0.25) is 0 Å². The Kier molecular flexibility index (Phi) is 9.32. The Hall–Kier alpha value is -4.75. The van der Waals surface area contributed by atoms with Crippen molar-refractivity contribution in [2.45, 2.75) is 51.0 Å². The van der Waals surface area contributed by atoms with Crippen LogP contribution in [0.4, 0.5) is 0 Å². The van der Waals surface area contributed by atoms with E-state index in [1.54, 1.807) is 59.2 Å². The maximum atomic E-state index is 13.0. The van der Waals surface area contributed by atoms with Gasteiger partial charge in [0.1, 0.15) is 25.0 Å². The highest BCUT2D eigenvalue weighted by atomic mass is 16.6. The molecule has 1 fully saturated rings. The zero-order chi connectivity index (χ0) is 29.5. The van der Waals surface area contributed by atoms with Crippen molar-refractivity contribution in [1.82, 2.24) is 9.55 Å². The molecule has 212 valence electrons. The first-order valence-electron chi connectivity index (χ1n) is 13.1. The molecule has 0 N–H and O–H groups in total. The summed E-state index contributed by atoms with van der Waals surface area (Å²) in [5.74, 6) is -2.57. The topological polar surface area (TPSA) is 130 Å². The molecule has 0 radical (unpaired) electrons. The standard InChI is InChI=1S/C31H31N3O7/c1-5-6-23(16-32)28-27(31(37)38-4)33-18-34(28)26-15-24(41-30(36)22-13-9-20(3)10-14-22)25(40-26)17-39-29(35)21-11-7-19(2)8-12-21/h5,7-14,18,23-26H,1,6,15,17H2,2-4H3/t23?,24-,25+,26-/m0/s1. The zero-order valence-electron chi connectivity index (χ0n) is 23.1. The molecule has 2 heterocycles. The second-order valence-electron chi connectivity index (χ2n) is 9.72. The number of methoxy groups -OCH3 is 1. The van der Waals surface area contributed by atoms with Gasteiger partial charge in [0.15, 0.2) is 5.69 Å². The summed E-state index contributed by atoms with van der Waals surface area (Å²) in [6.07, 6.45) is 0.941. The SMILES string of the molecule is C=CCC(C#N)c1c(C(=O)OC)ncn1[C@@H]1C[C@H](OC(=O)c2ccc(C)cc2)[C@@H](COC(=O)c2ccc(C)cc2)O1. The summed E-state index contributed by atoms with van der Waals surface area (Å²) < 4.78 is 24.1. The first-order valence-corrected chi connectivity index (χ1v) is 13.1. The van der Waals surface area contributed by atoms with E-state index < -0.39 is 42.3 Å². The van der Waals surface area contributed by atoms with Gasteiger partial charge in [-0.25, -0.2) is 19.4 Å². The summed E-state index contributed by atoms with van der Waals surface area (Å²) >= 11 is 0. The van der Waals surface area contributed by atoms with Crippen molar-refractivity contribution in [3.63, 3.8) is 0 Å². The maximum Gasteiger partial charge on any atom is 0.358 e. The van der Waals surface area contributed by atoms with Crippen molar-refractivity contribution in [1.29, 1.82) is 5.26 Å². The number of carbonyl (C=O) groups is 3. The molecule has 0 spiro atoms. The molecule has 0 saturated carbocycles. The van der Waals surface area contributed by atoms with Crippen LogP contribution in [0.5, 0.6) is 0 Å². The Morgan fingerprint density at radius 1 is 1.07 bits per heavy atom. The third-order valence-corrected chi connectivity index (χ3v) is 6.80. The molecule has 0 aliphatic carbocycles. The number of carbonyl (C=O) groups excluding carboxylic acids is 3. The van der Waals surface area contributed by atoms with Crippen molar-refractivity contribution in [2.75, 3.05) is 13.7 Å². The average molecular weight is 558 g/mol. The third-order valence-electron chi connectivity index (χ3n) is 6.80. The molecule has 4 rings (SSSR count). The Balaban J connectivity index is 1.61. The van der Waals surface area contributed by atoms with Crippen LogP contribution >= 0.6 is 0 Å². The predicted molar refractivity (Wildman–Crippen MR) is 147 cm³/mol. The first kappa shape index (κ1) is 29.2. The summed E-state index contributed by atoms with van der Waals surface area (Å²) in [5.41, 5.74) is 3.01. The van der Waals surface area contributed by atoms with Crippen LogP contribution in [-0.4, -0.2) is 53.4 Å². The normalized spacial score (nSPS) is 18.6. The van der Waals surface area contributed by atoms with E-state index in [4.69, 9.17) is 18.9 Å². The van der Waals surface area contributed by atoms with Gasteiger partial charge in [-0.1, -0.05) is 41.5 Å². The number of nitriles is 1. The number of esters is 3. The molecule has 1 unspecified atom stereocenters. The Morgan fingerprint density at radius 2 is 1.68 bits per heavy atom. The summed E-state index contributed by atoms with van der Waals surface area (Å²) in [7, 11) is 1.23. The highest BCUT2D eigenvalue weighted by Crippen LogP contribution is 2.36. The largest absolute Gasteiger partial charge is 0.464 e. The molecular formula is C31H31N3O7. The third kappa shape index (κ3) is 6.70. The minimum Gasteiger partial charge on any atom is -0.464 e. The van der Waals surface area contributed by atoms with E-state index in [-0.39, 0.29) is 25.1 Å². The van der Waals surface area contributed by atoms with Gasteiger partial charge >= 0.3 is 17.9 Å². The van der Waals surface area contributed by atoms with Gasteiger partial charge in [-0.15, -0.1) is 6.58 Å². The van der Waals surface area contributed by atoms with E-state index in [1.807, 2.05) is 13.8 Å². The number of rotatable bonds is 10. The second kappa shape index (κ2) is 13.1. The van der Waals surface area contributed by atoms with Gasteiger partial charge in [-0.2, -0.15) is 5.26 Å². The summed E-state index contributed by atoms with van der Waals surface area (Å²) in [5, 5.41) is 9.86. The summed E-state index contributed by atoms with van der Waals surface area (Å²) in [6, 6.07) is 16.1. The van der Waals surface area contributed by atoms with Gasteiger partial charge in [0.2, 0.25) is 0 Å². The lowest BCUT2D eigenvalue weighted by Crippen LogP contribution is -2.32. The molecule has 10 nitrogen and oxygen atoms in total. The number of ether oxygens (including phenoxy) is 4. The minimum absolute atomic E-state index is 0.0213. The van der Waals surface area contributed by atoms with E-state index in [0.717, 1.165) is 11.1 Å². The lowest BCUT2D eigenvalue weighted by molar-refractivity contribution is -0.0578. The number of benzene rings is 2. The zero-order valence-corrected chi connectivity index (χ0v) is 23.1. The van der Waals surface area contributed by atoms with E-state index in [1.165, 1.54) is 13.4 Å². The highest BCUT2D eigenvalue weighted by molar-refractivity contribution is 5.90. The van der Waals surface area contributed by atoms with Gasteiger partial charge in [0, 0.05) is 6.42 Å². The number of hydrogen-bond donors (Lipinski definition) is 0. The molecular weight excluding hydrogens is 526 g/mol. The van der Waals surface area contributed by atoms with Crippen molar-refractivity contribution < 1.29 is 33.3 Å². The molecule has 2 aromatic carbocycles. The Morgan fingerprint density at radius 3 is 2.24 bits per heavy atom. The number of imidazole rings is 1. The molecule has 1 saturated heterocycles. The van der Waals surface area contributed by atoms with E-state index >= 15 is 0 Å². The van der Waals surface area contributed by atoms with Crippen LogP contribution in [0.15, 0.2) is 67.5 Å². The van der Waals surface area contributed by atoms with Crippen LogP contribution < -0.4 is 0 Å². The number of aryl methyl sites for hydroxylation is 2. The van der Waals surface area contributed by atoms with Crippen molar-refractivity contribution in [3.05, 3.63) is 101 Å². The fourth-order valence-corrected chi connectivity index (χ4v) is 4.56. The second-order valence-corrected chi connectivity index (χ2v) is 9.72. The lowest BCUT2D eigenvalue weighted by atomic mass is 10.0. The molecule has 1 aromatic heterocycles. The van der Waals surface area contributed by atoms with Crippen molar-refractivity contribution in [2.24, 2.45) is 0 Å². The quantitative estimate of drug-likeness (QED) is 0.195. The maximum absolute atomic E-state index is 13.0. The molecule has 0 amide bonds. The van der Waals surface area contributed by atoms with Crippen LogP contribution in [0.25, 0.3) is 0 Å². The minimum atomic E-state index is -0.833. The number of allylic oxidation sites excluding steroid dienone is 1. The first-order chi connectivity index (χ1) is 19.7. The molecule has 41 heavy (non-hydrogen) atoms. The summed E-state index contributed by atoms with van der Waals surface area (Å²) in [6.45, 7) is 7.34. The van der Waals surface area contributed by atoms with Crippen LogP contribution in [0.1, 0.15) is 73.0 Å². The van der Waals surface area contributed by atoms with Crippen LogP contribution in [0, 0.1) is 25.2 Å². The van der Waals surface area contributed by atoms with Crippen LogP contribution in [0.3, 0.4) is 0 Å². The van der Waals surface area contributed by atoms with Crippen LogP contribution in [-0.2, 0) is 18.9 Å². The highest BCUT2D eigenvalue weighted by Gasteiger charge is 2.42. The van der Waals surface area contributed by atoms with Gasteiger partial charge in [0.25, 0.3) is 0 Å². The average Bonchev–Trinajstić information content (AvgIpc) is 3.59. The molecule has 1 aliphatic rings. The van der Waals surface area contributed by atoms with Crippen molar-refractivity contribution >= 4 is 17.9 Å². The molecule has 1 aliphatic heterocycles. The van der Waals surface area contributed by atoms with Crippen LogP contribution in [0.2, 0.25) is 0 Å². The number of aromatic nitrogens is 2.